The fraction of sp³-hybridized carbons (Fsp3) is 0.923. The number of ether oxygens (including phenoxy) is 1. The summed E-state index contributed by atoms with van der Waals surface area (Å²) in [5.74, 6) is 0.559. The third kappa shape index (κ3) is 9.25. The van der Waals surface area contributed by atoms with E-state index in [-0.39, 0.29) is 28.7 Å². The van der Waals surface area contributed by atoms with E-state index in [1.54, 1.807) is 0 Å². The Morgan fingerprint density at radius 3 is 2.65 bits per heavy atom. The lowest BCUT2D eigenvalue weighted by Crippen LogP contribution is -2.39. The van der Waals surface area contributed by atoms with Crippen molar-refractivity contribution >= 4 is 41.7 Å². The van der Waals surface area contributed by atoms with Crippen molar-refractivity contribution in [2.45, 2.75) is 25.0 Å². The summed E-state index contributed by atoms with van der Waals surface area (Å²) >= 11 is 1.81. The summed E-state index contributed by atoms with van der Waals surface area (Å²) < 4.78 is 5.47. The zero-order valence-electron chi connectivity index (χ0n) is 12.9. The van der Waals surface area contributed by atoms with Crippen LogP contribution in [0.15, 0.2) is 4.99 Å². The molecule has 5 nitrogen and oxygen atoms in total. The number of thioether (sulfide) groups is 1. The number of nitrogens with zero attached hydrogens (tertiary/aromatic N) is 2. The molecular formula is C13H29IN4OS. The number of aliphatic imine (C=N–C) groups is 1. The van der Waals surface area contributed by atoms with Gasteiger partial charge in [0, 0.05) is 24.4 Å². The Kier molecular flexibility index (Phi) is 11.1. The molecule has 1 saturated heterocycles. The van der Waals surface area contributed by atoms with Crippen LogP contribution in [0.1, 0.15) is 20.3 Å². The standard InChI is InChI=1S/C13H28N4OS.HI/c1-13(2,19-3)11-16-12(14)15-5-4-6-17-7-9-18-10-8-17;/h4-11H2,1-3H3,(H3,14,15,16);1H. The molecule has 0 saturated carbocycles. The quantitative estimate of drug-likeness (QED) is 0.284. The largest absolute Gasteiger partial charge is 0.379 e. The lowest BCUT2D eigenvalue weighted by Gasteiger charge is -2.26. The lowest BCUT2D eigenvalue weighted by atomic mass is 10.2. The van der Waals surface area contributed by atoms with E-state index in [4.69, 9.17) is 10.5 Å². The molecule has 0 bridgehead atoms. The monoisotopic (exact) mass is 416 g/mol. The minimum Gasteiger partial charge on any atom is -0.379 e. The first-order valence-electron chi connectivity index (χ1n) is 6.92. The van der Waals surface area contributed by atoms with Gasteiger partial charge in [0.1, 0.15) is 0 Å². The van der Waals surface area contributed by atoms with Gasteiger partial charge in [-0.3, -0.25) is 9.89 Å². The van der Waals surface area contributed by atoms with Crippen LogP contribution in [-0.2, 0) is 4.74 Å². The Balaban J connectivity index is 0.00000361. The van der Waals surface area contributed by atoms with E-state index in [0.29, 0.717) is 5.96 Å². The van der Waals surface area contributed by atoms with Crippen LogP contribution >= 0.6 is 35.7 Å². The van der Waals surface area contributed by atoms with Gasteiger partial charge in [-0.2, -0.15) is 11.8 Å². The molecule has 0 aromatic rings. The highest BCUT2D eigenvalue weighted by Gasteiger charge is 2.14. The summed E-state index contributed by atoms with van der Waals surface area (Å²) in [5, 5.41) is 3.18. The maximum Gasteiger partial charge on any atom is 0.188 e. The van der Waals surface area contributed by atoms with Crippen LogP contribution in [0.25, 0.3) is 0 Å². The minimum atomic E-state index is 0. The van der Waals surface area contributed by atoms with Crippen molar-refractivity contribution in [3.05, 3.63) is 0 Å². The molecule has 1 fully saturated rings. The lowest BCUT2D eigenvalue weighted by molar-refractivity contribution is 0.0376. The minimum absolute atomic E-state index is 0. The van der Waals surface area contributed by atoms with E-state index < -0.39 is 0 Å². The second kappa shape index (κ2) is 10.9. The van der Waals surface area contributed by atoms with Crippen LogP contribution in [0, 0.1) is 0 Å². The van der Waals surface area contributed by atoms with Crippen LogP contribution in [0.5, 0.6) is 0 Å². The molecule has 1 aliphatic rings. The van der Waals surface area contributed by atoms with Gasteiger partial charge < -0.3 is 15.8 Å². The Morgan fingerprint density at radius 2 is 2.05 bits per heavy atom. The topological polar surface area (TPSA) is 62.9 Å². The highest BCUT2D eigenvalue weighted by Crippen LogP contribution is 2.20. The number of guanidine groups is 1. The number of morpholine rings is 1. The Hall–Kier alpha value is 0.270. The molecule has 0 aromatic heterocycles. The predicted octanol–water partition coefficient (Wildman–Crippen LogP) is 1.37. The predicted molar refractivity (Wildman–Crippen MR) is 99.4 cm³/mol. The summed E-state index contributed by atoms with van der Waals surface area (Å²) in [7, 11) is 0. The average Bonchev–Trinajstić information content (AvgIpc) is 2.43. The molecule has 7 heteroatoms. The second-order valence-corrected chi connectivity index (χ2v) is 6.91. The summed E-state index contributed by atoms with van der Waals surface area (Å²) in [6, 6.07) is 0. The molecule has 20 heavy (non-hydrogen) atoms. The van der Waals surface area contributed by atoms with Gasteiger partial charge in [-0.05, 0) is 33.1 Å². The van der Waals surface area contributed by atoms with Crippen molar-refractivity contribution in [2.75, 3.05) is 52.2 Å². The molecule has 0 aromatic carbocycles. The zero-order valence-corrected chi connectivity index (χ0v) is 16.0. The molecule has 0 spiro atoms. The Labute approximate surface area is 144 Å². The van der Waals surface area contributed by atoms with Crippen LogP contribution < -0.4 is 11.1 Å². The molecule has 1 heterocycles. The van der Waals surface area contributed by atoms with Crippen molar-refractivity contribution in [3.63, 3.8) is 0 Å². The normalized spacial score (nSPS) is 17.6. The van der Waals surface area contributed by atoms with Gasteiger partial charge in [-0.25, -0.2) is 0 Å². The van der Waals surface area contributed by atoms with E-state index in [0.717, 1.165) is 52.4 Å². The van der Waals surface area contributed by atoms with Gasteiger partial charge in [-0.15, -0.1) is 24.0 Å². The molecule has 1 aliphatic heterocycles. The Morgan fingerprint density at radius 1 is 1.40 bits per heavy atom. The van der Waals surface area contributed by atoms with E-state index in [1.165, 1.54) is 0 Å². The highest BCUT2D eigenvalue weighted by molar-refractivity contribution is 14.0. The molecule has 3 N–H and O–H groups in total. The average molecular weight is 416 g/mol. The Bertz CT molecular complexity index is 284. The summed E-state index contributed by atoms with van der Waals surface area (Å²) in [6.45, 7) is 10.9. The maximum atomic E-state index is 5.85. The fourth-order valence-corrected chi connectivity index (χ4v) is 1.93. The number of hydrogen-bond donors (Lipinski definition) is 2. The van der Waals surface area contributed by atoms with Gasteiger partial charge >= 0.3 is 0 Å². The molecule has 0 unspecified atom stereocenters. The van der Waals surface area contributed by atoms with Crippen molar-refractivity contribution < 1.29 is 4.74 Å². The van der Waals surface area contributed by atoms with Crippen molar-refractivity contribution in [3.8, 4) is 0 Å². The molecule has 0 radical (unpaired) electrons. The number of halogens is 1. The van der Waals surface area contributed by atoms with Gasteiger partial charge in [0.25, 0.3) is 0 Å². The number of nitrogens with one attached hydrogen (secondary N) is 1. The van der Waals surface area contributed by atoms with Crippen LogP contribution in [0.3, 0.4) is 0 Å². The number of hydrogen-bond acceptors (Lipinski definition) is 4. The van der Waals surface area contributed by atoms with Gasteiger partial charge in [0.05, 0.1) is 19.8 Å². The van der Waals surface area contributed by atoms with E-state index in [9.17, 15) is 0 Å². The summed E-state index contributed by atoms with van der Waals surface area (Å²) in [5.41, 5.74) is 5.85. The SMILES string of the molecule is CSC(C)(C)CN=C(N)NCCCN1CCOCC1.I. The smallest absolute Gasteiger partial charge is 0.188 e. The van der Waals surface area contributed by atoms with E-state index in [2.05, 4.69) is 35.3 Å². The molecule has 0 aliphatic carbocycles. The van der Waals surface area contributed by atoms with Gasteiger partial charge in [-0.1, -0.05) is 0 Å². The fourth-order valence-electron chi connectivity index (χ4n) is 1.74. The highest BCUT2D eigenvalue weighted by atomic mass is 127. The first-order valence-corrected chi connectivity index (χ1v) is 8.15. The second-order valence-electron chi connectivity index (χ2n) is 5.40. The third-order valence-corrected chi connectivity index (χ3v) is 4.48. The first-order chi connectivity index (χ1) is 9.03. The van der Waals surface area contributed by atoms with Crippen molar-refractivity contribution in [1.82, 2.24) is 10.2 Å². The number of rotatable bonds is 7. The third-order valence-electron chi connectivity index (χ3n) is 3.24. The number of nitrogens with two attached hydrogens (primary N) is 1. The van der Waals surface area contributed by atoms with Crippen molar-refractivity contribution in [2.24, 2.45) is 10.7 Å². The summed E-state index contributed by atoms with van der Waals surface area (Å²) in [4.78, 5) is 6.81. The molecule has 0 amide bonds. The van der Waals surface area contributed by atoms with Crippen LogP contribution in [-0.4, -0.2) is 67.8 Å². The van der Waals surface area contributed by atoms with Gasteiger partial charge in [0.15, 0.2) is 5.96 Å². The van der Waals surface area contributed by atoms with Crippen molar-refractivity contribution in [1.29, 1.82) is 0 Å². The first kappa shape index (κ1) is 20.3. The molecular weight excluding hydrogens is 387 g/mol. The van der Waals surface area contributed by atoms with Crippen LogP contribution in [0.2, 0.25) is 0 Å². The zero-order chi connectivity index (χ0) is 14.1. The molecule has 0 atom stereocenters. The molecule has 120 valence electrons. The van der Waals surface area contributed by atoms with Gasteiger partial charge in [0.2, 0.25) is 0 Å². The van der Waals surface area contributed by atoms with E-state index >= 15 is 0 Å². The molecule has 1 rings (SSSR count). The van der Waals surface area contributed by atoms with Crippen LogP contribution in [0.4, 0.5) is 0 Å². The maximum absolute atomic E-state index is 5.85. The van der Waals surface area contributed by atoms with E-state index in [1.807, 2.05) is 11.8 Å². The summed E-state index contributed by atoms with van der Waals surface area (Å²) in [6.07, 6.45) is 3.18.